The van der Waals surface area contributed by atoms with Gasteiger partial charge in [-0.25, -0.2) is 0 Å². The van der Waals surface area contributed by atoms with Crippen LogP contribution >= 0.6 is 0 Å². The second-order valence-corrected chi connectivity index (χ2v) is 6.36. The quantitative estimate of drug-likeness (QED) is 0.835. The van der Waals surface area contributed by atoms with Crippen LogP contribution in [0, 0.1) is 0 Å². The van der Waals surface area contributed by atoms with E-state index in [1.165, 1.54) is 12.8 Å². The van der Waals surface area contributed by atoms with Gasteiger partial charge in [0.1, 0.15) is 0 Å². The third-order valence-corrected chi connectivity index (χ3v) is 4.86. The summed E-state index contributed by atoms with van der Waals surface area (Å²) in [6.07, 6.45) is 6.24. The van der Waals surface area contributed by atoms with Gasteiger partial charge in [0.15, 0.2) is 11.5 Å². The van der Waals surface area contributed by atoms with Crippen LogP contribution in [0.2, 0.25) is 0 Å². The number of benzene rings is 1. The minimum atomic E-state index is 0.236. The number of ether oxygens (including phenoxy) is 2. The van der Waals surface area contributed by atoms with Crippen molar-refractivity contribution in [3.63, 3.8) is 0 Å². The minimum Gasteiger partial charge on any atom is -0.454 e. The van der Waals surface area contributed by atoms with E-state index in [0.29, 0.717) is 18.5 Å². The first kappa shape index (κ1) is 15.2. The zero-order valence-electron chi connectivity index (χ0n) is 13.5. The van der Waals surface area contributed by atoms with Crippen LogP contribution in [0.4, 0.5) is 0 Å². The smallest absolute Gasteiger partial charge is 0.231 e. The molecule has 2 aliphatic rings. The number of amides is 1. The van der Waals surface area contributed by atoms with Crippen LogP contribution in [-0.4, -0.2) is 29.7 Å². The SMILES string of the molecule is CCC(C)N(C(=O)Cc1ccc2c(c1)OCO2)C1CCCC1. The highest BCUT2D eigenvalue weighted by Gasteiger charge is 2.29. The Kier molecular flexibility index (Phi) is 4.55. The van der Waals surface area contributed by atoms with Gasteiger partial charge in [-0.05, 0) is 43.9 Å². The molecule has 1 heterocycles. The zero-order valence-corrected chi connectivity index (χ0v) is 13.5. The first-order chi connectivity index (χ1) is 10.7. The molecule has 1 aromatic rings. The maximum absolute atomic E-state index is 12.9. The standard InChI is InChI=1S/C18H25NO3/c1-3-13(2)19(15-6-4-5-7-15)18(20)11-14-8-9-16-17(10-14)22-12-21-16/h8-10,13,15H,3-7,11-12H2,1-2H3. The summed E-state index contributed by atoms with van der Waals surface area (Å²) in [5, 5.41) is 0. The van der Waals surface area contributed by atoms with Gasteiger partial charge in [-0.2, -0.15) is 0 Å². The van der Waals surface area contributed by atoms with Gasteiger partial charge in [0.05, 0.1) is 6.42 Å². The monoisotopic (exact) mass is 303 g/mol. The average molecular weight is 303 g/mol. The van der Waals surface area contributed by atoms with Gasteiger partial charge >= 0.3 is 0 Å². The van der Waals surface area contributed by atoms with E-state index >= 15 is 0 Å². The Hall–Kier alpha value is -1.71. The van der Waals surface area contributed by atoms with Crippen LogP contribution < -0.4 is 9.47 Å². The van der Waals surface area contributed by atoms with Crippen molar-refractivity contribution in [2.75, 3.05) is 6.79 Å². The Morgan fingerprint density at radius 1 is 1.27 bits per heavy atom. The van der Waals surface area contributed by atoms with E-state index in [1.807, 2.05) is 18.2 Å². The van der Waals surface area contributed by atoms with Crippen LogP contribution in [0.5, 0.6) is 11.5 Å². The highest BCUT2D eigenvalue weighted by atomic mass is 16.7. The third-order valence-electron chi connectivity index (χ3n) is 4.86. The molecule has 0 N–H and O–H groups in total. The molecule has 0 spiro atoms. The second-order valence-electron chi connectivity index (χ2n) is 6.36. The van der Waals surface area contributed by atoms with E-state index in [4.69, 9.17) is 9.47 Å². The van der Waals surface area contributed by atoms with Crippen LogP contribution in [0.1, 0.15) is 51.5 Å². The molecule has 22 heavy (non-hydrogen) atoms. The van der Waals surface area contributed by atoms with Gasteiger partial charge in [0.2, 0.25) is 12.7 Å². The van der Waals surface area contributed by atoms with Gasteiger partial charge in [-0.3, -0.25) is 4.79 Å². The molecule has 4 heteroatoms. The van der Waals surface area contributed by atoms with Crippen molar-refractivity contribution in [3.05, 3.63) is 23.8 Å². The molecule has 0 aromatic heterocycles. The first-order valence-electron chi connectivity index (χ1n) is 8.38. The van der Waals surface area contributed by atoms with Gasteiger partial charge < -0.3 is 14.4 Å². The molecular formula is C18H25NO3. The highest BCUT2D eigenvalue weighted by molar-refractivity contribution is 5.79. The fourth-order valence-electron chi connectivity index (χ4n) is 3.51. The molecule has 120 valence electrons. The summed E-state index contributed by atoms with van der Waals surface area (Å²) < 4.78 is 10.7. The Labute approximate surface area is 132 Å². The van der Waals surface area contributed by atoms with Crippen molar-refractivity contribution in [1.82, 2.24) is 4.90 Å². The molecule has 1 fully saturated rings. The number of hydrogen-bond acceptors (Lipinski definition) is 3. The van der Waals surface area contributed by atoms with Crippen LogP contribution in [-0.2, 0) is 11.2 Å². The van der Waals surface area contributed by atoms with Gasteiger partial charge in [0, 0.05) is 12.1 Å². The van der Waals surface area contributed by atoms with Gasteiger partial charge in [0.25, 0.3) is 0 Å². The van der Waals surface area contributed by atoms with E-state index in [-0.39, 0.29) is 12.7 Å². The van der Waals surface area contributed by atoms with E-state index in [2.05, 4.69) is 18.7 Å². The second kappa shape index (κ2) is 6.59. The lowest BCUT2D eigenvalue weighted by molar-refractivity contribution is -0.135. The van der Waals surface area contributed by atoms with E-state index in [0.717, 1.165) is 36.3 Å². The highest BCUT2D eigenvalue weighted by Crippen LogP contribution is 2.33. The predicted molar refractivity (Wildman–Crippen MR) is 85.1 cm³/mol. The van der Waals surface area contributed by atoms with Crippen molar-refractivity contribution in [2.24, 2.45) is 0 Å². The minimum absolute atomic E-state index is 0.236. The lowest BCUT2D eigenvalue weighted by atomic mass is 10.1. The van der Waals surface area contributed by atoms with Gasteiger partial charge in [-0.15, -0.1) is 0 Å². The summed E-state index contributed by atoms with van der Waals surface area (Å²) in [6, 6.07) is 6.54. The lowest BCUT2D eigenvalue weighted by Gasteiger charge is -2.34. The number of carbonyl (C=O) groups excluding carboxylic acids is 1. The topological polar surface area (TPSA) is 38.8 Å². The molecule has 1 aliphatic heterocycles. The Morgan fingerprint density at radius 3 is 2.73 bits per heavy atom. The molecule has 1 saturated carbocycles. The Bertz CT molecular complexity index is 537. The fourth-order valence-corrected chi connectivity index (χ4v) is 3.51. The summed E-state index contributed by atoms with van der Waals surface area (Å²) in [6.45, 7) is 4.59. The molecule has 4 nitrogen and oxygen atoms in total. The number of fused-ring (bicyclic) bond motifs is 1. The van der Waals surface area contributed by atoms with Crippen LogP contribution in [0.15, 0.2) is 18.2 Å². The van der Waals surface area contributed by atoms with Gasteiger partial charge in [-0.1, -0.05) is 25.8 Å². The molecule has 1 unspecified atom stereocenters. The molecule has 1 aliphatic carbocycles. The van der Waals surface area contributed by atoms with Crippen LogP contribution in [0.25, 0.3) is 0 Å². The van der Waals surface area contributed by atoms with Crippen molar-refractivity contribution in [1.29, 1.82) is 0 Å². The van der Waals surface area contributed by atoms with E-state index in [1.54, 1.807) is 0 Å². The molecule has 0 saturated heterocycles. The third kappa shape index (κ3) is 3.06. The summed E-state index contributed by atoms with van der Waals surface area (Å²) in [5.74, 6) is 1.76. The van der Waals surface area contributed by atoms with E-state index < -0.39 is 0 Å². The Balaban J connectivity index is 1.72. The fraction of sp³-hybridized carbons (Fsp3) is 0.611. The lowest BCUT2D eigenvalue weighted by Crippen LogP contribution is -2.45. The molecule has 1 amide bonds. The maximum atomic E-state index is 12.9. The maximum Gasteiger partial charge on any atom is 0.231 e. The normalized spacial score (nSPS) is 18.5. The molecular weight excluding hydrogens is 278 g/mol. The molecule has 0 bridgehead atoms. The summed E-state index contributed by atoms with van der Waals surface area (Å²) in [5.41, 5.74) is 1.00. The number of carbonyl (C=O) groups is 1. The van der Waals surface area contributed by atoms with Crippen molar-refractivity contribution in [3.8, 4) is 11.5 Å². The molecule has 1 aromatic carbocycles. The number of hydrogen-bond donors (Lipinski definition) is 0. The number of nitrogens with zero attached hydrogens (tertiary/aromatic N) is 1. The summed E-state index contributed by atoms with van der Waals surface area (Å²) >= 11 is 0. The van der Waals surface area contributed by atoms with Crippen molar-refractivity contribution < 1.29 is 14.3 Å². The molecule has 0 radical (unpaired) electrons. The first-order valence-corrected chi connectivity index (χ1v) is 8.38. The summed E-state index contributed by atoms with van der Waals surface area (Å²) in [4.78, 5) is 15.0. The predicted octanol–water partition coefficient (Wildman–Crippen LogP) is 3.53. The van der Waals surface area contributed by atoms with Crippen LogP contribution in [0.3, 0.4) is 0 Å². The average Bonchev–Trinajstić information content (AvgIpc) is 3.18. The number of rotatable bonds is 5. The van der Waals surface area contributed by atoms with Crippen molar-refractivity contribution in [2.45, 2.75) is 64.5 Å². The largest absolute Gasteiger partial charge is 0.454 e. The van der Waals surface area contributed by atoms with E-state index in [9.17, 15) is 4.79 Å². The zero-order chi connectivity index (χ0) is 15.5. The molecule has 3 rings (SSSR count). The summed E-state index contributed by atoms with van der Waals surface area (Å²) in [7, 11) is 0. The molecule has 1 atom stereocenters. The Morgan fingerprint density at radius 2 is 2.00 bits per heavy atom. The van der Waals surface area contributed by atoms with Crippen molar-refractivity contribution >= 4 is 5.91 Å².